The minimum atomic E-state index is -0.308. The third-order valence-electron chi connectivity index (χ3n) is 4.51. The molecule has 2 aromatic carbocycles. The van der Waals surface area contributed by atoms with Gasteiger partial charge in [-0.15, -0.1) is 0 Å². The molecule has 0 aliphatic rings. The topological polar surface area (TPSA) is 79.4 Å². The smallest absolute Gasteiger partial charge is 0.275 e. The molecule has 0 saturated heterocycles. The van der Waals surface area contributed by atoms with Crippen molar-refractivity contribution in [1.82, 2.24) is 9.97 Å². The summed E-state index contributed by atoms with van der Waals surface area (Å²) in [5.74, 6) is 0.913. The molecule has 7 heteroatoms. The van der Waals surface area contributed by atoms with Crippen molar-refractivity contribution < 1.29 is 9.53 Å². The van der Waals surface area contributed by atoms with Crippen LogP contribution in [0.5, 0.6) is 5.75 Å². The fourth-order valence-corrected chi connectivity index (χ4v) is 2.94. The van der Waals surface area contributed by atoms with Gasteiger partial charge in [0, 0.05) is 24.5 Å². The Morgan fingerprint density at radius 2 is 1.72 bits per heavy atom. The summed E-state index contributed by atoms with van der Waals surface area (Å²) < 4.78 is 5.31. The van der Waals surface area contributed by atoms with Crippen LogP contribution in [-0.4, -0.2) is 36.1 Å². The maximum absolute atomic E-state index is 12.5. The van der Waals surface area contributed by atoms with Gasteiger partial charge >= 0.3 is 0 Å². The van der Waals surface area contributed by atoms with Crippen molar-refractivity contribution in [3.05, 3.63) is 66.6 Å². The van der Waals surface area contributed by atoms with Crippen LogP contribution in [-0.2, 0) is 0 Å². The van der Waals surface area contributed by atoms with Gasteiger partial charge in [-0.05, 0) is 50.2 Å². The zero-order valence-corrected chi connectivity index (χ0v) is 16.8. The highest BCUT2D eigenvalue weighted by molar-refractivity contribution is 6.02. The second kappa shape index (κ2) is 9.54. The van der Waals surface area contributed by atoms with Crippen LogP contribution in [0.25, 0.3) is 0 Å². The molecule has 0 unspecified atom stereocenters. The van der Waals surface area contributed by atoms with Gasteiger partial charge in [0.25, 0.3) is 5.91 Å². The summed E-state index contributed by atoms with van der Waals surface area (Å²) in [5, 5.41) is 5.98. The highest BCUT2D eigenvalue weighted by atomic mass is 16.5. The Bertz CT molecular complexity index is 938. The number of nitrogens with zero attached hydrogens (tertiary/aromatic N) is 3. The van der Waals surface area contributed by atoms with E-state index in [0.29, 0.717) is 17.3 Å². The average molecular weight is 391 g/mol. The monoisotopic (exact) mass is 391 g/mol. The van der Waals surface area contributed by atoms with Crippen molar-refractivity contribution in [2.45, 2.75) is 13.8 Å². The number of hydrogen-bond donors (Lipinski definition) is 2. The Morgan fingerprint density at radius 1 is 1.00 bits per heavy atom. The van der Waals surface area contributed by atoms with Crippen LogP contribution in [0.2, 0.25) is 0 Å². The van der Waals surface area contributed by atoms with E-state index in [0.717, 1.165) is 24.5 Å². The Labute approximate surface area is 170 Å². The Balaban J connectivity index is 1.64. The molecule has 0 radical (unpaired) electrons. The zero-order valence-electron chi connectivity index (χ0n) is 16.8. The third kappa shape index (κ3) is 5.01. The number of nitrogens with one attached hydrogen (secondary N) is 2. The Hall–Kier alpha value is -3.61. The van der Waals surface area contributed by atoms with Crippen molar-refractivity contribution >= 4 is 28.8 Å². The van der Waals surface area contributed by atoms with E-state index in [1.54, 1.807) is 7.11 Å². The van der Waals surface area contributed by atoms with E-state index in [4.69, 9.17) is 4.74 Å². The van der Waals surface area contributed by atoms with E-state index in [9.17, 15) is 4.79 Å². The van der Waals surface area contributed by atoms with E-state index in [-0.39, 0.29) is 11.6 Å². The Morgan fingerprint density at radius 3 is 2.34 bits per heavy atom. The standard InChI is InChI=1S/C22H25N5O2/c1-4-27(5-2)17-12-10-16(11-13-17)25-22(28)19-14-24-21(15-23-19)26-18-8-6-7-9-20(18)29-3/h6-15H,4-5H2,1-3H3,(H,24,26)(H,25,28). The lowest BCUT2D eigenvalue weighted by molar-refractivity contribution is 0.102. The molecule has 0 saturated carbocycles. The van der Waals surface area contributed by atoms with Gasteiger partial charge < -0.3 is 20.3 Å². The molecule has 3 aromatic rings. The van der Waals surface area contributed by atoms with Crippen LogP contribution < -0.4 is 20.3 Å². The molecule has 1 aromatic heterocycles. The summed E-state index contributed by atoms with van der Waals surface area (Å²) >= 11 is 0. The maximum atomic E-state index is 12.5. The van der Waals surface area contributed by atoms with Crippen LogP contribution in [0.15, 0.2) is 60.9 Å². The molecular weight excluding hydrogens is 366 g/mol. The van der Waals surface area contributed by atoms with Crippen molar-refractivity contribution in [1.29, 1.82) is 0 Å². The van der Waals surface area contributed by atoms with Crippen molar-refractivity contribution in [3.63, 3.8) is 0 Å². The normalized spacial score (nSPS) is 10.3. The lowest BCUT2D eigenvalue weighted by Crippen LogP contribution is -2.21. The van der Waals surface area contributed by atoms with Crippen LogP contribution in [0.1, 0.15) is 24.3 Å². The Kier molecular flexibility index (Phi) is 6.63. The van der Waals surface area contributed by atoms with Gasteiger partial charge in [0.15, 0.2) is 0 Å². The zero-order chi connectivity index (χ0) is 20.6. The second-order valence-corrected chi connectivity index (χ2v) is 6.29. The largest absolute Gasteiger partial charge is 0.495 e. The summed E-state index contributed by atoms with van der Waals surface area (Å²) in [6.07, 6.45) is 2.96. The molecule has 0 fully saturated rings. The van der Waals surface area contributed by atoms with Crippen molar-refractivity contribution in [3.8, 4) is 5.75 Å². The van der Waals surface area contributed by atoms with Crippen molar-refractivity contribution in [2.24, 2.45) is 0 Å². The molecule has 0 atom stereocenters. The number of para-hydroxylation sites is 2. The summed E-state index contributed by atoms with van der Waals surface area (Å²) in [4.78, 5) is 23.2. The number of carbonyl (C=O) groups is 1. The highest BCUT2D eigenvalue weighted by Gasteiger charge is 2.10. The van der Waals surface area contributed by atoms with Gasteiger partial charge in [-0.25, -0.2) is 9.97 Å². The molecule has 0 aliphatic carbocycles. The van der Waals surface area contributed by atoms with Gasteiger partial charge in [0.2, 0.25) is 0 Å². The van der Waals surface area contributed by atoms with Gasteiger partial charge in [0.05, 0.1) is 25.2 Å². The van der Waals surface area contributed by atoms with Gasteiger partial charge in [-0.3, -0.25) is 4.79 Å². The third-order valence-corrected chi connectivity index (χ3v) is 4.51. The molecule has 3 rings (SSSR count). The van der Waals surface area contributed by atoms with E-state index >= 15 is 0 Å². The fourth-order valence-electron chi connectivity index (χ4n) is 2.94. The number of amides is 1. The van der Waals surface area contributed by atoms with E-state index < -0.39 is 0 Å². The van der Waals surface area contributed by atoms with Gasteiger partial charge in [-0.1, -0.05) is 12.1 Å². The number of methoxy groups -OCH3 is 1. The molecule has 0 aliphatic heterocycles. The molecule has 7 nitrogen and oxygen atoms in total. The van der Waals surface area contributed by atoms with E-state index in [1.165, 1.54) is 12.4 Å². The lowest BCUT2D eigenvalue weighted by Gasteiger charge is -2.21. The molecule has 1 amide bonds. The van der Waals surface area contributed by atoms with Gasteiger partial charge in [-0.2, -0.15) is 0 Å². The summed E-state index contributed by atoms with van der Waals surface area (Å²) in [5.41, 5.74) is 2.85. The quantitative estimate of drug-likeness (QED) is 0.595. The van der Waals surface area contributed by atoms with Gasteiger partial charge in [0.1, 0.15) is 17.3 Å². The van der Waals surface area contributed by atoms with E-state index in [1.807, 2.05) is 48.5 Å². The number of benzene rings is 2. The molecule has 0 bridgehead atoms. The van der Waals surface area contributed by atoms with Crippen molar-refractivity contribution in [2.75, 3.05) is 35.7 Å². The first-order valence-electron chi connectivity index (χ1n) is 9.53. The molecule has 1 heterocycles. The minimum Gasteiger partial charge on any atom is -0.495 e. The average Bonchev–Trinajstić information content (AvgIpc) is 2.76. The molecular formula is C22H25N5O2. The molecule has 0 spiro atoms. The number of aromatic nitrogens is 2. The second-order valence-electron chi connectivity index (χ2n) is 6.29. The highest BCUT2D eigenvalue weighted by Crippen LogP contribution is 2.25. The number of rotatable bonds is 8. The lowest BCUT2D eigenvalue weighted by atomic mass is 10.2. The number of hydrogen-bond acceptors (Lipinski definition) is 6. The first kappa shape index (κ1) is 20.1. The number of ether oxygens (including phenoxy) is 1. The first-order valence-corrected chi connectivity index (χ1v) is 9.53. The van der Waals surface area contributed by atoms with Crippen LogP contribution in [0.3, 0.4) is 0 Å². The SMILES string of the molecule is CCN(CC)c1ccc(NC(=O)c2cnc(Nc3ccccc3OC)cn2)cc1. The predicted octanol–water partition coefficient (Wildman–Crippen LogP) is 4.33. The minimum absolute atomic E-state index is 0.239. The summed E-state index contributed by atoms with van der Waals surface area (Å²) in [6.45, 7) is 6.11. The summed E-state index contributed by atoms with van der Waals surface area (Å²) in [6, 6.07) is 15.3. The van der Waals surface area contributed by atoms with Crippen LogP contribution >= 0.6 is 0 Å². The van der Waals surface area contributed by atoms with Crippen LogP contribution in [0, 0.1) is 0 Å². The van der Waals surface area contributed by atoms with Crippen LogP contribution in [0.4, 0.5) is 22.9 Å². The summed E-state index contributed by atoms with van der Waals surface area (Å²) in [7, 11) is 1.61. The maximum Gasteiger partial charge on any atom is 0.275 e. The number of anilines is 4. The van der Waals surface area contributed by atoms with E-state index in [2.05, 4.69) is 39.3 Å². The fraction of sp³-hybridized carbons (Fsp3) is 0.227. The molecule has 29 heavy (non-hydrogen) atoms. The molecule has 150 valence electrons. The first-order chi connectivity index (χ1) is 14.1. The number of carbonyl (C=O) groups excluding carboxylic acids is 1. The predicted molar refractivity (Wildman–Crippen MR) is 116 cm³/mol. The molecule has 2 N–H and O–H groups in total.